The second kappa shape index (κ2) is 10.6. The van der Waals surface area contributed by atoms with Crippen molar-refractivity contribution in [1.29, 1.82) is 0 Å². The minimum Gasteiger partial charge on any atom is -0.119 e. The molecule has 0 saturated heterocycles. The average Bonchev–Trinajstić information content (AvgIpc) is 2.47. The second-order valence-electron chi connectivity index (χ2n) is 6.86. The molecule has 1 aliphatic rings. The molecule has 0 nitrogen and oxygen atoms in total. The number of hydrogen-bond acceptors (Lipinski definition) is 0. The van der Waals surface area contributed by atoms with E-state index < -0.39 is 0 Å². The smallest absolute Gasteiger partial charge is 0.0225 e. The molecule has 1 saturated carbocycles. The Bertz CT molecular complexity index is 216. The van der Waals surface area contributed by atoms with Crippen molar-refractivity contribution in [2.24, 2.45) is 5.41 Å². The first-order chi connectivity index (χ1) is 9.69. The summed E-state index contributed by atoms with van der Waals surface area (Å²) in [4.78, 5) is 0. The molecule has 0 bridgehead atoms. The van der Waals surface area contributed by atoms with E-state index in [-0.39, 0.29) is 0 Å². The summed E-state index contributed by atoms with van der Waals surface area (Å²) in [5.41, 5.74) is 2.87. The van der Waals surface area contributed by atoms with Crippen LogP contribution >= 0.6 is 17.2 Å². The highest BCUT2D eigenvalue weighted by Gasteiger charge is 2.37. The Morgan fingerprint density at radius 3 is 1.60 bits per heavy atom. The summed E-state index contributed by atoms with van der Waals surface area (Å²) in [6.07, 6.45) is 16.2. The van der Waals surface area contributed by atoms with E-state index in [4.69, 9.17) is 0 Å². The molecule has 0 aliphatic heterocycles. The van der Waals surface area contributed by atoms with Gasteiger partial charge in [-0.25, -0.2) is 0 Å². The highest BCUT2D eigenvalue weighted by molar-refractivity contribution is 7.40. The van der Waals surface area contributed by atoms with E-state index in [0.29, 0.717) is 5.41 Å². The van der Waals surface area contributed by atoms with Crippen molar-refractivity contribution < 1.29 is 0 Å². The number of hydrogen-bond donors (Lipinski definition) is 0. The molecule has 20 heavy (non-hydrogen) atoms. The van der Waals surface area contributed by atoms with Crippen LogP contribution < -0.4 is 0 Å². The molecule has 120 valence electrons. The van der Waals surface area contributed by atoms with Gasteiger partial charge in [-0.2, -0.15) is 0 Å². The van der Waals surface area contributed by atoms with Crippen LogP contribution in [0.4, 0.5) is 0 Å². The molecule has 0 spiro atoms. The fraction of sp³-hybridized carbons (Fsp3) is 1.00. The Hall–Kier alpha value is 0.860. The van der Waals surface area contributed by atoms with Crippen LogP contribution in [-0.2, 0) is 0 Å². The third-order valence-electron chi connectivity index (χ3n) is 5.35. The second-order valence-corrected chi connectivity index (χ2v) is 10.3. The Balaban J connectivity index is 2.52. The number of unbranched alkanes of at least 4 members (excludes halogenated alkanes) is 2. The molecule has 4 atom stereocenters. The molecular weight excluding hydrogens is 278 g/mol. The maximum Gasteiger partial charge on any atom is -0.0225 e. The van der Waals surface area contributed by atoms with Crippen molar-refractivity contribution in [2.75, 3.05) is 12.3 Å². The molecule has 2 heteroatoms. The van der Waals surface area contributed by atoms with E-state index >= 15 is 0 Å². The van der Waals surface area contributed by atoms with Crippen molar-refractivity contribution in [2.45, 2.75) is 96.8 Å². The molecule has 0 amide bonds. The predicted molar refractivity (Wildman–Crippen MR) is 101 cm³/mol. The van der Waals surface area contributed by atoms with Gasteiger partial charge < -0.3 is 0 Å². The zero-order chi connectivity index (χ0) is 14.8. The monoisotopic (exact) mass is 316 g/mol. The molecule has 0 radical (unpaired) electrons. The molecule has 0 aromatic rings. The van der Waals surface area contributed by atoms with Crippen LogP contribution in [0, 0.1) is 5.41 Å². The van der Waals surface area contributed by atoms with Crippen LogP contribution in [-0.4, -0.2) is 23.6 Å². The van der Waals surface area contributed by atoms with Gasteiger partial charge in [0.15, 0.2) is 0 Å². The van der Waals surface area contributed by atoms with Crippen LogP contribution in [0.25, 0.3) is 0 Å². The standard InChI is InChI=1S/C18H38P2/c1-5-9-11-19-16-13-17(20-12-10-6-2)15-18(7-3,8-4)14-16/h16-17,19-20H,5-15H2,1-4H3. The lowest BCUT2D eigenvalue weighted by Gasteiger charge is -2.44. The van der Waals surface area contributed by atoms with Gasteiger partial charge in [0.1, 0.15) is 0 Å². The fourth-order valence-corrected chi connectivity index (χ4v) is 7.97. The molecular formula is C18H38P2. The minimum absolute atomic E-state index is 0.714. The van der Waals surface area contributed by atoms with Crippen LogP contribution in [0.2, 0.25) is 0 Å². The summed E-state index contributed by atoms with van der Waals surface area (Å²) in [5, 5.41) is 0. The maximum absolute atomic E-state index is 2.45. The van der Waals surface area contributed by atoms with Crippen LogP contribution in [0.15, 0.2) is 0 Å². The predicted octanol–water partition coefficient (Wildman–Crippen LogP) is 6.67. The van der Waals surface area contributed by atoms with E-state index in [0.717, 1.165) is 11.3 Å². The SMILES string of the molecule is CCCCPC1CC(PCCCC)CC(CC)(CC)C1. The third-order valence-corrected chi connectivity index (χ3v) is 8.67. The van der Waals surface area contributed by atoms with Crippen molar-refractivity contribution in [1.82, 2.24) is 0 Å². The zero-order valence-corrected chi connectivity index (χ0v) is 16.4. The first-order valence-electron chi connectivity index (χ1n) is 9.16. The maximum atomic E-state index is 2.45. The van der Waals surface area contributed by atoms with E-state index in [2.05, 4.69) is 27.7 Å². The van der Waals surface area contributed by atoms with Gasteiger partial charge in [-0.05, 0) is 61.2 Å². The van der Waals surface area contributed by atoms with Gasteiger partial charge in [-0.1, -0.05) is 53.4 Å². The Kier molecular flexibility index (Phi) is 9.99. The topological polar surface area (TPSA) is 0 Å². The fourth-order valence-electron chi connectivity index (χ4n) is 3.74. The lowest BCUT2D eigenvalue weighted by Crippen LogP contribution is -2.34. The quantitative estimate of drug-likeness (QED) is 0.312. The Labute approximate surface area is 132 Å². The van der Waals surface area contributed by atoms with E-state index in [9.17, 15) is 0 Å². The number of rotatable bonds is 10. The van der Waals surface area contributed by atoms with Crippen LogP contribution in [0.5, 0.6) is 0 Å². The van der Waals surface area contributed by atoms with Gasteiger partial charge in [0.25, 0.3) is 0 Å². The van der Waals surface area contributed by atoms with E-state index in [1.807, 2.05) is 0 Å². The van der Waals surface area contributed by atoms with E-state index in [1.54, 1.807) is 19.3 Å². The molecule has 0 N–H and O–H groups in total. The van der Waals surface area contributed by atoms with Gasteiger partial charge in [0.2, 0.25) is 0 Å². The molecule has 1 rings (SSSR count). The lowest BCUT2D eigenvalue weighted by atomic mass is 9.70. The van der Waals surface area contributed by atoms with Gasteiger partial charge in [-0.15, -0.1) is 17.2 Å². The van der Waals surface area contributed by atoms with Crippen molar-refractivity contribution in [3.8, 4) is 0 Å². The summed E-state index contributed by atoms with van der Waals surface area (Å²) in [7, 11) is 2.51. The molecule has 0 aromatic carbocycles. The summed E-state index contributed by atoms with van der Waals surface area (Å²) < 4.78 is 0. The minimum atomic E-state index is 0.714. The van der Waals surface area contributed by atoms with Gasteiger partial charge in [0, 0.05) is 0 Å². The van der Waals surface area contributed by atoms with E-state index in [1.165, 1.54) is 68.0 Å². The summed E-state index contributed by atoms with van der Waals surface area (Å²) in [6.45, 7) is 9.58. The summed E-state index contributed by atoms with van der Waals surface area (Å²) >= 11 is 0. The van der Waals surface area contributed by atoms with Gasteiger partial charge >= 0.3 is 0 Å². The average molecular weight is 316 g/mol. The van der Waals surface area contributed by atoms with Crippen LogP contribution in [0.1, 0.15) is 85.5 Å². The van der Waals surface area contributed by atoms with Gasteiger partial charge in [0.05, 0.1) is 0 Å². The molecule has 1 fully saturated rings. The molecule has 0 aromatic heterocycles. The summed E-state index contributed by atoms with van der Waals surface area (Å²) in [6, 6.07) is 0. The Morgan fingerprint density at radius 2 is 1.25 bits per heavy atom. The molecule has 0 heterocycles. The third kappa shape index (κ3) is 6.32. The zero-order valence-electron chi connectivity index (χ0n) is 14.4. The van der Waals surface area contributed by atoms with Gasteiger partial charge in [-0.3, -0.25) is 0 Å². The molecule has 1 aliphatic carbocycles. The van der Waals surface area contributed by atoms with Crippen molar-refractivity contribution in [3.63, 3.8) is 0 Å². The van der Waals surface area contributed by atoms with Crippen LogP contribution in [0.3, 0.4) is 0 Å². The van der Waals surface area contributed by atoms with Crippen molar-refractivity contribution >= 4 is 17.2 Å². The first kappa shape index (κ1) is 18.9. The highest BCUT2D eigenvalue weighted by atomic mass is 31.1. The lowest BCUT2D eigenvalue weighted by molar-refractivity contribution is 0.181. The highest BCUT2D eigenvalue weighted by Crippen LogP contribution is 2.51. The Morgan fingerprint density at radius 1 is 0.800 bits per heavy atom. The van der Waals surface area contributed by atoms with Crippen molar-refractivity contribution in [3.05, 3.63) is 0 Å². The normalized spacial score (nSPS) is 27.0. The summed E-state index contributed by atoms with van der Waals surface area (Å²) in [5.74, 6) is 0. The largest absolute Gasteiger partial charge is 0.119 e. The first-order valence-corrected chi connectivity index (χ1v) is 11.7. The molecule has 4 unspecified atom stereocenters.